The summed E-state index contributed by atoms with van der Waals surface area (Å²) >= 11 is 0. The second-order valence-electron chi connectivity index (χ2n) is 8.91. The average molecular weight is 412 g/mol. The van der Waals surface area contributed by atoms with Crippen molar-refractivity contribution in [2.45, 2.75) is 78.5 Å². The van der Waals surface area contributed by atoms with Crippen molar-refractivity contribution >= 4 is 29.8 Å². The van der Waals surface area contributed by atoms with Gasteiger partial charge in [0, 0.05) is 5.54 Å². The van der Waals surface area contributed by atoms with Gasteiger partial charge in [0.25, 0.3) is 11.8 Å². The van der Waals surface area contributed by atoms with E-state index >= 15 is 0 Å². The molecule has 0 radical (unpaired) electrons. The minimum atomic E-state index is -1.28. The summed E-state index contributed by atoms with van der Waals surface area (Å²) in [6, 6.07) is -1.40. The SMILES string of the molecule is CC(C)CC[C@]1(C)NC(=O)N(CC(=O)O[C@H](C)C(=O)NC(=O)NC(C)(C)C)C1=O. The van der Waals surface area contributed by atoms with E-state index in [9.17, 15) is 24.0 Å². The number of ether oxygens (including phenoxy) is 1. The smallest absolute Gasteiger partial charge is 0.327 e. The second kappa shape index (κ2) is 9.23. The summed E-state index contributed by atoms with van der Waals surface area (Å²) in [6.07, 6.45) is -0.0989. The van der Waals surface area contributed by atoms with Crippen molar-refractivity contribution in [3.8, 4) is 0 Å². The molecular weight excluding hydrogens is 380 g/mol. The molecule has 1 aliphatic heterocycles. The third-order valence-corrected chi connectivity index (χ3v) is 4.26. The Morgan fingerprint density at radius 2 is 1.76 bits per heavy atom. The van der Waals surface area contributed by atoms with Gasteiger partial charge in [-0.05, 0) is 53.4 Å². The van der Waals surface area contributed by atoms with Gasteiger partial charge in [-0.1, -0.05) is 13.8 Å². The number of urea groups is 2. The van der Waals surface area contributed by atoms with E-state index in [2.05, 4.69) is 16.0 Å². The summed E-state index contributed by atoms with van der Waals surface area (Å²) in [5, 5.41) is 7.22. The molecule has 0 bridgehead atoms. The number of rotatable bonds is 7. The van der Waals surface area contributed by atoms with Crippen LogP contribution < -0.4 is 16.0 Å². The summed E-state index contributed by atoms with van der Waals surface area (Å²) in [5.41, 5.74) is -1.62. The lowest BCUT2D eigenvalue weighted by molar-refractivity contribution is -0.156. The van der Waals surface area contributed by atoms with Crippen LogP contribution in [0.25, 0.3) is 0 Å². The first-order chi connectivity index (χ1) is 13.1. The van der Waals surface area contributed by atoms with Gasteiger partial charge in [0.15, 0.2) is 6.10 Å². The minimum Gasteiger partial charge on any atom is -0.451 e. The monoisotopic (exact) mass is 412 g/mol. The maximum absolute atomic E-state index is 12.6. The molecule has 10 heteroatoms. The molecule has 3 N–H and O–H groups in total. The molecule has 1 saturated heterocycles. The molecule has 1 fully saturated rings. The minimum absolute atomic E-state index is 0.352. The third kappa shape index (κ3) is 7.35. The van der Waals surface area contributed by atoms with Gasteiger partial charge in [-0.3, -0.25) is 24.6 Å². The van der Waals surface area contributed by atoms with Crippen LogP contribution in [0.4, 0.5) is 9.59 Å². The molecule has 0 aromatic heterocycles. The summed E-state index contributed by atoms with van der Waals surface area (Å²) in [7, 11) is 0. The van der Waals surface area contributed by atoms with Gasteiger partial charge in [-0.15, -0.1) is 0 Å². The molecule has 0 spiro atoms. The zero-order chi connectivity index (χ0) is 22.6. The molecule has 0 unspecified atom stereocenters. The number of esters is 1. The maximum atomic E-state index is 12.6. The fourth-order valence-corrected chi connectivity index (χ4v) is 2.64. The van der Waals surface area contributed by atoms with Crippen molar-refractivity contribution in [3.63, 3.8) is 0 Å². The number of carbonyl (C=O) groups is 5. The van der Waals surface area contributed by atoms with Gasteiger partial charge in [0.05, 0.1) is 0 Å². The van der Waals surface area contributed by atoms with E-state index < -0.39 is 53.6 Å². The quantitative estimate of drug-likeness (QED) is 0.426. The second-order valence-corrected chi connectivity index (χ2v) is 8.91. The van der Waals surface area contributed by atoms with E-state index in [4.69, 9.17) is 4.74 Å². The van der Waals surface area contributed by atoms with Crippen molar-refractivity contribution in [3.05, 3.63) is 0 Å². The van der Waals surface area contributed by atoms with Crippen LogP contribution in [0.1, 0.15) is 61.3 Å². The maximum Gasteiger partial charge on any atom is 0.327 e. The molecule has 164 valence electrons. The van der Waals surface area contributed by atoms with Crippen molar-refractivity contribution in [1.29, 1.82) is 0 Å². The molecule has 1 aliphatic rings. The van der Waals surface area contributed by atoms with Gasteiger partial charge in [-0.25, -0.2) is 9.59 Å². The Hall–Kier alpha value is -2.65. The van der Waals surface area contributed by atoms with Crippen LogP contribution in [-0.2, 0) is 19.1 Å². The molecule has 0 aromatic carbocycles. The lowest BCUT2D eigenvalue weighted by Gasteiger charge is -2.22. The zero-order valence-corrected chi connectivity index (χ0v) is 18.2. The van der Waals surface area contributed by atoms with Gasteiger partial charge >= 0.3 is 18.0 Å². The first-order valence-electron chi connectivity index (χ1n) is 9.61. The largest absolute Gasteiger partial charge is 0.451 e. The average Bonchev–Trinajstić information content (AvgIpc) is 2.74. The highest BCUT2D eigenvalue weighted by molar-refractivity contribution is 6.08. The van der Waals surface area contributed by atoms with E-state index in [0.29, 0.717) is 12.3 Å². The number of nitrogens with zero attached hydrogens (tertiary/aromatic N) is 1. The fraction of sp³-hybridized carbons (Fsp3) is 0.737. The van der Waals surface area contributed by atoms with Crippen LogP contribution in [0.15, 0.2) is 0 Å². The Labute approximate surface area is 171 Å². The van der Waals surface area contributed by atoms with Crippen molar-refractivity contribution in [2.75, 3.05) is 6.54 Å². The van der Waals surface area contributed by atoms with Crippen LogP contribution in [0.2, 0.25) is 0 Å². The number of hydrogen-bond donors (Lipinski definition) is 3. The number of hydrogen-bond acceptors (Lipinski definition) is 6. The number of imide groups is 2. The van der Waals surface area contributed by atoms with Crippen LogP contribution in [0.5, 0.6) is 0 Å². The molecule has 0 saturated carbocycles. The van der Waals surface area contributed by atoms with Crippen LogP contribution in [-0.4, -0.2) is 58.5 Å². The van der Waals surface area contributed by atoms with Crippen LogP contribution in [0.3, 0.4) is 0 Å². The molecule has 6 amide bonds. The Morgan fingerprint density at radius 3 is 2.28 bits per heavy atom. The third-order valence-electron chi connectivity index (χ3n) is 4.26. The highest BCUT2D eigenvalue weighted by Crippen LogP contribution is 2.24. The van der Waals surface area contributed by atoms with Gasteiger partial charge < -0.3 is 15.4 Å². The lowest BCUT2D eigenvalue weighted by Crippen LogP contribution is -2.51. The summed E-state index contributed by atoms with van der Waals surface area (Å²) < 4.78 is 4.96. The van der Waals surface area contributed by atoms with Crippen molar-refractivity contribution < 1.29 is 28.7 Å². The van der Waals surface area contributed by atoms with E-state index in [1.165, 1.54) is 6.92 Å². The topological polar surface area (TPSA) is 134 Å². The number of amides is 6. The Bertz CT molecular complexity index is 685. The lowest BCUT2D eigenvalue weighted by atomic mass is 9.92. The standard InChI is InChI=1S/C19H32N4O6/c1-11(2)8-9-19(7)15(26)23(17(28)22-19)10-13(24)29-12(3)14(25)20-16(27)21-18(4,5)6/h11-12H,8-10H2,1-7H3,(H,22,28)(H2,20,21,25,27)/t12-,19+/m1/s1. The molecule has 0 aromatic rings. The van der Waals surface area contributed by atoms with Gasteiger partial charge in [-0.2, -0.15) is 0 Å². The fourth-order valence-electron chi connectivity index (χ4n) is 2.64. The van der Waals surface area contributed by atoms with Gasteiger partial charge in [0.1, 0.15) is 12.1 Å². The zero-order valence-electron chi connectivity index (χ0n) is 18.2. The number of nitrogens with one attached hydrogen (secondary N) is 3. The first-order valence-corrected chi connectivity index (χ1v) is 9.61. The summed E-state index contributed by atoms with van der Waals surface area (Å²) in [5.74, 6) is -1.91. The van der Waals surface area contributed by atoms with E-state index in [1.54, 1.807) is 27.7 Å². The highest BCUT2D eigenvalue weighted by atomic mass is 16.5. The number of carbonyl (C=O) groups excluding carboxylic acids is 5. The summed E-state index contributed by atoms with van der Waals surface area (Å²) in [4.78, 5) is 61.3. The van der Waals surface area contributed by atoms with Crippen LogP contribution in [0, 0.1) is 5.92 Å². The predicted octanol–water partition coefficient (Wildman–Crippen LogP) is 1.29. The first kappa shape index (κ1) is 24.4. The molecule has 0 aliphatic carbocycles. The Kier molecular flexibility index (Phi) is 7.76. The highest BCUT2D eigenvalue weighted by Gasteiger charge is 2.48. The predicted molar refractivity (Wildman–Crippen MR) is 105 cm³/mol. The van der Waals surface area contributed by atoms with E-state index in [-0.39, 0.29) is 0 Å². The van der Waals surface area contributed by atoms with Crippen LogP contribution >= 0.6 is 0 Å². The van der Waals surface area contributed by atoms with Crippen molar-refractivity contribution in [1.82, 2.24) is 20.9 Å². The Morgan fingerprint density at radius 1 is 1.17 bits per heavy atom. The molecule has 10 nitrogen and oxygen atoms in total. The summed E-state index contributed by atoms with van der Waals surface area (Å²) in [6.45, 7) is 11.5. The molecule has 1 heterocycles. The van der Waals surface area contributed by atoms with E-state index in [1.807, 2.05) is 13.8 Å². The van der Waals surface area contributed by atoms with E-state index in [0.717, 1.165) is 11.3 Å². The molecule has 1 rings (SSSR count). The molecule has 29 heavy (non-hydrogen) atoms. The normalized spacial score (nSPS) is 20.3. The molecule has 2 atom stereocenters. The van der Waals surface area contributed by atoms with Crippen molar-refractivity contribution in [2.24, 2.45) is 5.92 Å². The Balaban J connectivity index is 2.61. The molecular formula is C19H32N4O6. The van der Waals surface area contributed by atoms with Gasteiger partial charge in [0.2, 0.25) is 0 Å².